The monoisotopic (exact) mass is 473 g/mol. The van der Waals surface area contributed by atoms with E-state index in [1.165, 1.54) is 36.3 Å². The van der Waals surface area contributed by atoms with Crippen molar-refractivity contribution in [3.8, 4) is 5.88 Å². The fraction of sp³-hybridized carbons (Fsp3) is 0.478. The molecule has 2 aliphatic rings. The third-order valence-electron chi connectivity index (χ3n) is 5.94. The van der Waals surface area contributed by atoms with Gasteiger partial charge >= 0.3 is 0 Å². The standard InChI is InChI=1S/C23H28FN5O3S/c1-13(2)11-32-19-10-26-17(9-27-19)20(30)28-14-5-6-16(24)15(7-14)22(3)18-8-23(18,12-31-4)33-21(25)29-22/h5-7,9-10,13,18H,8,11-12H2,1-4H3,(H2,25,29)(H,28,30)/t18?,22-,23-/m1/s1. The van der Waals surface area contributed by atoms with Crippen LogP contribution in [-0.2, 0) is 10.3 Å². The van der Waals surface area contributed by atoms with E-state index < -0.39 is 17.3 Å². The van der Waals surface area contributed by atoms with E-state index in [-0.39, 0.29) is 16.4 Å². The molecule has 1 amide bonds. The first-order valence-corrected chi connectivity index (χ1v) is 11.6. The molecule has 0 radical (unpaired) electrons. The van der Waals surface area contributed by atoms with Crippen LogP contribution in [0, 0.1) is 17.7 Å². The number of hydrogen-bond acceptors (Lipinski definition) is 8. The summed E-state index contributed by atoms with van der Waals surface area (Å²) in [7, 11) is 1.65. The Morgan fingerprint density at radius 2 is 2.15 bits per heavy atom. The highest BCUT2D eigenvalue weighted by atomic mass is 32.2. The summed E-state index contributed by atoms with van der Waals surface area (Å²) in [6, 6.07) is 4.45. The average molecular weight is 474 g/mol. The van der Waals surface area contributed by atoms with Crippen LogP contribution in [0.4, 0.5) is 10.1 Å². The maximum absolute atomic E-state index is 15.0. The Balaban J connectivity index is 1.53. The van der Waals surface area contributed by atoms with Crippen LogP contribution < -0.4 is 15.8 Å². The van der Waals surface area contributed by atoms with Crippen molar-refractivity contribution in [1.82, 2.24) is 9.97 Å². The van der Waals surface area contributed by atoms with Crippen molar-refractivity contribution in [2.45, 2.75) is 37.5 Å². The molecule has 10 heteroatoms. The predicted molar refractivity (Wildman–Crippen MR) is 126 cm³/mol. The highest BCUT2D eigenvalue weighted by Gasteiger charge is 2.66. The SMILES string of the molecule is COC[C@]12CC1[C@@](C)(c1cc(NC(=O)c3cnc(OCC(C)C)cn3)ccc1F)N=C(N)S2. The summed E-state index contributed by atoms with van der Waals surface area (Å²) in [5.74, 6) is -0.0765. The Labute approximate surface area is 196 Å². The molecule has 1 aromatic heterocycles. The van der Waals surface area contributed by atoms with Crippen LogP contribution in [-0.4, -0.2) is 46.1 Å². The van der Waals surface area contributed by atoms with E-state index in [0.717, 1.165) is 6.42 Å². The number of rotatable bonds is 8. The number of nitrogens with zero attached hydrogens (tertiary/aromatic N) is 3. The summed E-state index contributed by atoms with van der Waals surface area (Å²) in [5.41, 5.74) is 6.21. The molecule has 0 bridgehead atoms. The summed E-state index contributed by atoms with van der Waals surface area (Å²) in [5, 5.41) is 3.18. The number of anilines is 1. The normalized spacial score (nSPS) is 25.9. The van der Waals surface area contributed by atoms with E-state index in [4.69, 9.17) is 15.2 Å². The van der Waals surface area contributed by atoms with Crippen molar-refractivity contribution in [2.24, 2.45) is 22.6 Å². The van der Waals surface area contributed by atoms with Crippen molar-refractivity contribution >= 4 is 28.5 Å². The van der Waals surface area contributed by atoms with E-state index >= 15 is 0 Å². The minimum atomic E-state index is -0.853. The van der Waals surface area contributed by atoms with Gasteiger partial charge < -0.3 is 20.5 Å². The Bertz CT molecular complexity index is 1080. The van der Waals surface area contributed by atoms with Crippen LogP contribution in [0.3, 0.4) is 0 Å². The molecular weight excluding hydrogens is 445 g/mol. The fourth-order valence-corrected chi connectivity index (χ4v) is 5.73. The van der Waals surface area contributed by atoms with Gasteiger partial charge in [-0.1, -0.05) is 25.6 Å². The molecule has 1 aromatic carbocycles. The van der Waals surface area contributed by atoms with Crippen molar-refractivity contribution in [3.05, 3.63) is 47.7 Å². The molecule has 0 spiro atoms. The molecule has 2 heterocycles. The molecule has 3 N–H and O–H groups in total. The lowest BCUT2D eigenvalue weighted by Crippen LogP contribution is -2.37. The number of carbonyl (C=O) groups is 1. The summed E-state index contributed by atoms with van der Waals surface area (Å²) in [4.78, 5) is 25.6. The summed E-state index contributed by atoms with van der Waals surface area (Å²) in [6.07, 6.45) is 3.58. The fourth-order valence-electron chi connectivity index (χ4n) is 4.28. The van der Waals surface area contributed by atoms with Crippen molar-refractivity contribution in [3.63, 3.8) is 0 Å². The number of thioether (sulfide) groups is 1. The minimum absolute atomic E-state index is 0.0759. The Hall–Kier alpha value is -2.72. The number of nitrogens with one attached hydrogen (secondary N) is 1. The lowest BCUT2D eigenvalue weighted by atomic mass is 9.85. The number of amidine groups is 1. The van der Waals surface area contributed by atoms with Crippen molar-refractivity contribution < 1.29 is 18.7 Å². The molecule has 4 rings (SSSR count). The second kappa shape index (κ2) is 8.90. The number of fused-ring (bicyclic) bond motifs is 1. The minimum Gasteiger partial charge on any atom is -0.476 e. The maximum Gasteiger partial charge on any atom is 0.275 e. The zero-order chi connectivity index (χ0) is 23.8. The first kappa shape index (κ1) is 23.4. The molecule has 176 valence electrons. The number of halogens is 1. The molecular formula is C23H28FN5O3S. The summed E-state index contributed by atoms with van der Waals surface area (Å²) in [6.45, 7) is 6.96. The molecule has 1 aliphatic heterocycles. The Morgan fingerprint density at radius 1 is 1.36 bits per heavy atom. The third-order valence-corrected chi connectivity index (χ3v) is 7.21. The van der Waals surface area contributed by atoms with Crippen LogP contribution in [0.1, 0.15) is 43.2 Å². The van der Waals surface area contributed by atoms with E-state index in [2.05, 4.69) is 20.3 Å². The smallest absolute Gasteiger partial charge is 0.275 e. The zero-order valence-corrected chi connectivity index (χ0v) is 19.9. The summed E-state index contributed by atoms with van der Waals surface area (Å²) >= 11 is 1.49. The second-order valence-electron chi connectivity index (χ2n) is 9.05. The van der Waals surface area contributed by atoms with Crippen LogP contribution in [0.2, 0.25) is 0 Å². The number of benzene rings is 1. The van der Waals surface area contributed by atoms with Gasteiger partial charge in [-0.15, -0.1) is 0 Å². The molecule has 2 aromatic rings. The largest absolute Gasteiger partial charge is 0.476 e. The van der Waals surface area contributed by atoms with Gasteiger partial charge in [-0.25, -0.2) is 14.4 Å². The highest BCUT2D eigenvalue weighted by Crippen LogP contribution is 2.66. The first-order valence-electron chi connectivity index (χ1n) is 10.8. The van der Waals surface area contributed by atoms with Crippen LogP contribution >= 0.6 is 11.8 Å². The lowest BCUT2D eigenvalue weighted by Gasteiger charge is -2.34. The molecule has 1 saturated carbocycles. The number of aliphatic imine (C=N–C) groups is 1. The topological polar surface area (TPSA) is 112 Å². The third kappa shape index (κ3) is 4.67. The molecule has 33 heavy (non-hydrogen) atoms. The number of aromatic nitrogens is 2. The Morgan fingerprint density at radius 3 is 2.82 bits per heavy atom. The van der Waals surface area contributed by atoms with Gasteiger partial charge in [-0.3, -0.25) is 9.79 Å². The van der Waals surface area contributed by atoms with E-state index in [0.29, 0.717) is 41.4 Å². The number of carbonyl (C=O) groups excluding carboxylic acids is 1. The molecule has 1 unspecified atom stereocenters. The van der Waals surface area contributed by atoms with Gasteiger partial charge in [0.05, 0.1) is 35.9 Å². The Kier molecular flexibility index (Phi) is 6.32. The number of hydrogen-bond donors (Lipinski definition) is 2. The van der Waals surface area contributed by atoms with Gasteiger partial charge in [0.25, 0.3) is 5.91 Å². The van der Waals surface area contributed by atoms with Gasteiger partial charge in [0.1, 0.15) is 11.5 Å². The van der Waals surface area contributed by atoms with Crippen LogP contribution in [0.15, 0.2) is 35.6 Å². The quantitative estimate of drug-likeness (QED) is 0.603. The van der Waals surface area contributed by atoms with E-state index in [9.17, 15) is 9.18 Å². The van der Waals surface area contributed by atoms with E-state index in [1.807, 2.05) is 20.8 Å². The number of methoxy groups -OCH3 is 1. The number of nitrogens with two attached hydrogens (primary N) is 1. The highest BCUT2D eigenvalue weighted by molar-refractivity contribution is 8.15. The van der Waals surface area contributed by atoms with E-state index in [1.54, 1.807) is 13.2 Å². The molecule has 3 atom stereocenters. The van der Waals surface area contributed by atoms with Crippen LogP contribution in [0.25, 0.3) is 0 Å². The first-order chi connectivity index (χ1) is 15.7. The van der Waals surface area contributed by atoms with Gasteiger partial charge in [-0.2, -0.15) is 0 Å². The molecule has 0 saturated heterocycles. The predicted octanol–water partition coefficient (Wildman–Crippen LogP) is 3.58. The molecule has 1 aliphatic carbocycles. The van der Waals surface area contributed by atoms with Crippen molar-refractivity contribution in [1.29, 1.82) is 0 Å². The van der Waals surface area contributed by atoms with Gasteiger partial charge in [0.2, 0.25) is 5.88 Å². The van der Waals surface area contributed by atoms with Gasteiger partial charge in [0.15, 0.2) is 5.17 Å². The van der Waals surface area contributed by atoms with Gasteiger partial charge in [-0.05, 0) is 37.5 Å². The summed E-state index contributed by atoms with van der Waals surface area (Å²) < 4.78 is 25.7. The number of amides is 1. The molecule has 8 nitrogen and oxygen atoms in total. The van der Waals surface area contributed by atoms with Crippen LogP contribution in [0.5, 0.6) is 5.88 Å². The lowest BCUT2D eigenvalue weighted by molar-refractivity contribution is 0.102. The second-order valence-corrected chi connectivity index (χ2v) is 10.5. The average Bonchev–Trinajstić information content (AvgIpc) is 3.48. The zero-order valence-electron chi connectivity index (χ0n) is 19.1. The molecule has 1 fully saturated rings. The maximum atomic E-state index is 15.0. The number of ether oxygens (including phenoxy) is 2. The van der Waals surface area contributed by atoms with Crippen molar-refractivity contribution in [2.75, 3.05) is 25.6 Å². The van der Waals surface area contributed by atoms with Gasteiger partial charge in [0, 0.05) is 24.3 Å².